The van der Waals surface area contributed by atoms with Crippen LogP contribution in [0.25, 0.3) is 0 Å². The molecular formula is C11H25NO2. The first kappa shape index (κ1) is 13.9. The van der Waals surface area contributed by atoms with Gasteiger partial charge in [-0.05, 0) is 12.3 Å². The molecule has 0 fully saturated rings. The Balaban J connectivity index is 3.24. The molecule has 0 rings (SSSR count). The minimum Gasteiger partial charge on any atom is -0.383 e. The molecule has 1 N–H and O–H groups in total. The smallest absolute Gasteiger partial charge is 0.0615 e. The van der Waals surface area contributed by atoms with Gasteiger partial charge in [-0.2, -0.15) is 0 Å². The highest BCUT2D eigenvalue weighted by Gasteiger charge is 2.03. The molecule has 0 aromatic heterocycles. The lowest BCUT2D eigenvalue weighted by Gasteiger charge is -2.16. The third kappa shape index (κ3) is 8.48. The molecule has 0 saturated heterocycles. The van der Waals surface area contributed by atoms with Gasteiger partial charge in [-0.3, -0.25) is 0 Å². The van der Waals surface area contributed by atoms with E-state index in [2.05, 4.69) is 26.1 Å². The third-order valence-corrected chi connectivity index (χ3v) is 1.99. The number of rotatable bonds is 9. The molecule has 0 aromatic carbocycles. The standard InChI is InChI=1S/C11H25NO2/c1-5-11(9-13-4)12-6-7-14-8-10(2)3/h10-12H,5-9H2,1-4H3. The van der Waals surface area contributed by atoms with Crippen LogP contribution in [0.3, 0.4) is 0 Å². The van der Waals surface area contributed by atoms with E-state index < -0.39 is 0 Å². The Morgan fingerprint density at radius 2 is 1.93 bits per heavy atom. The minimum absolute atomic E-state index is 0.461. The van der Waals surface area contributed by atoms with Crippen molar-refractivity contribution in [2.75, 3.05) is 33.5 Å². The molecule has 3 heteroatoms. The second kappa shape index (κ2) is 9.44. The van der Waals surface area contributed by atoms with Gasteiger partial charge in [0.05, 0.1) is 13.2 Å². The molecule has 0 aliphatic rings. The van der Waals surface area contributed by atoms with Crippen LogP contribution in [-0.2, 0) is 9.47 Å². The lowest BCUT2D eigenvalue weighted by molar-refractivity contribution is 0.104. The topological polar surface area (TPSA) is 30.5 Å². The Morgan fingerprint density at radius 3 is 2.43 bits per heavy atom. The summed E-state index contributed by atoms with van der Waals surface area (Å²) in [5, 5.41) is 3.39. The van der Waals surface area contributed by atoms with Gasteiger partial charge < -0.3 is 14.8 Å². The maximum Gasteiger partial charge on any atom is 0.0615 e. The molecule has 0 heterocycles. The van der Waals surface area contributed by atoms with Gasteiger partial charge in [0, 0.05) is 26.3 Å². The van der Waals surface area contributed by atoms with E-state index in [9.17, 15) is 0 Å². The van der Waals surface area contributed by atoms with Crippen molar-refractivity contribution in [2.24, 2.45) is 5.92 Å². The van der Waals surface area contributed by atoms with Crippen LogP contribution in [0.15, 0.2) is 0 Å². The van der Waals surface area contributed by atoms with Crippen molar-refractivity contribution < 1.29 is 9.47 Å². The summed E-state index contributed by atoms with van der Waals surface area (Å²) in [6.45, 7) is 9.81. The quantitative estimate of drug-likeness (QED) is 0.578. The predicted molar refractivity (Wildman–Crippen MR) is 59.6 cm³/mol. The lowest BCUT2D eigenvalue weighted by atomic mass is 10.2. The van der Waals surface area contributed by atoms with Crippen LogP contribution in [0, 0.1) is 5.92 Å². The van der Waals surface area contributed by atoms with Gasteiger partial charge in [0.15, 0.2) is 0 Å². The molecule has 0 amide bonds. The van der Waals surface area contributed by atoms with Crippen LogP contribution >= 0.6 is 0 Å². The molecule has 0 aliphatic carbocycles. The van der Waals surface area contributed by atoms with Gasteiger partial charge in [-0.1, -0.05) is 20.8 Å². The fourth-order valence-corrected chi connectivity index (χ4v) is 1.18. The van der Waals surface area contributed by atoms with Gasteiger partial charge in [0.25, 0.3) is 0 Å². The van der Waals surface area contributed by atoms with Crippen molar-refractivity contribution in [3.8, 4) is 0 Å². The van der Waals surface area contributed by atoms with Gasteiger partial charge in [0.2, 0.25) is 0 Å². The van der Waals surface area contributed by atoms with Crippen LogP contribution in [0.2, 0.25) is 0 Å². The highest BCUT2D eigenvalue weighted by Crippen LogP contribution is 1.93. The van der Waals surface area contributed by atoms with E-state index in [4.69, 9.17) is 9.47 Å². The largest absolute Gasteiger partial charge is 0.383 e. The van der Waals surface area contributed by atoms with Crippen LogP contribution < -0.4 is 5.32 Å². The first-order valence-electron chi connectivity index (χ1n) is 5.50. The molecule has 0 bridgehead atoms. The Kier molecular flexibility index (Phi) is 9.35. The van der Waals surface area contributed by atoms with Gasteiger partial charge in [-0.15, -0.1) is 0 Å². The molecule has 0 saturated carbocycles. The average molecular weight is 203 g/mol. The van der Waals surface area contributed by atoms with E-state index in [1.54, 1.807) is 7.11 Å². The monoisotopic (exact) mass is 203 g/mol. The van der Waals surface area contributed by atoms with Gasteiger partial charge >= 0.3 is 0 Å². The summed E-state index contributed by atoms with van der Waals surface area (Å²) in [6, 6.07) is 0.461. The van der Waals surface area contributed by atoms with E-state index in [0.29, 0.717) is 12.0 Å². The third-order valence-electron chi connectivity index (χ3n) is 1.99. The Morgan fingerprint density at radius 1 is 1.21 bits per heavy atom. The number of hydrogen-bond acceptors (Lipinski definition) is 3. The molecule has 0 spiro atoms. The van der Waals surface area contributed by atoms with Crippen LogP contribution in [0.5, 0.6) is 0 Å². The normalized spacial score (nSPS) is 13.5. The molecule has 1 unspecified atom stereocenters. The summed E-state index contributed by atoms with van der Waals surface area (Å²) in [5.74, 6) is 0.621. The first-order chi connectivity index (χ1) is 6.70. The molecule has 3 nitrogen and oxygen atoms in total. The number of methoxy groups -OCH3 is 1. The van der Waals surface area contributed by atoms with Gasteiger partial charge in [0.1, 0.15) is 0 Å². The molecule has 0 aromatic rings. The number of ether oxygens (including phenoxy) is 2. The van der Waals surface area contributed by atoms with Crippen molar-refractivity contribution in [2.45, 2.75) is 33.2 Å². The van der Waals surface area contributed by atoms with Crippen molar-refractivity contribution in [3.63, 3.8) is 0 Å². The Hall–Kier alpha value is -0.120. The van der Waals surface area contributed by atoms with Crippen molar-refractivity contribution in [1.82, 2.24) is 5.32 Å². The van der Waals surface area contributed by atoms with Crippen molar-refractivity contribution >= 4 is 0 Å². The zero-order valence-corrected chi connectivity index (χ0v) is 10.0. The summed E-state index contributed by atoms with van der Waals surface area (Å²) in [4.78, 5) is 0. The van der Waals surface area contributed by atoms with E-state index in [1.165, 1.54) is 0 Å². The summed E-state index contributed by atoms with van der Waals surface area (Å²) < 4.78 is 10.6. The molecular weight excluding hydrogens is 178 g/mol. The van der Waals surface area contributed by atoms with Crippen LogP contribution in [0.1, 0.15) is 27.2 Å². The molecule has 14 heavy (non-hydrogen) atoms. The number of nitrogens with one attached hydrogen (secondary N) is 1. The average Bonchev–Trinajstić information content (AvgIpc) is 2.15. The summed E-state index contributed by atoms with van der Waals surface area (Å²) >= 11 is 0. The Labute approximate surface area is 88.2 Å². The van der Waals surface area contributed by atoms with Crippen LogP contribution in [-0.4, -0.2) is 39.5 Å². The fraction of sp³-hybridized carbons (Fsp3) is 1.00. The molecule has 0 radical (unpaired) electrons. The molecule has 0 aliphatic heterocycles. The SMILES string of the molecule is CCC(COC)NCCOCC(C)C. The maximum absolute atomic E-state index is 5.46. The molecule has 1 atom stereocenters. The predicted octanol–water partition coefficient (Wildman–Crippen LogP) is 1.67. The minimum atomic E-state index is 0.461. The van der Waals surface area contributed by atoms with E-state index in [1.807, 2.05) is 0 Å². The second-order valence-electron chi connectivity index (χ2n) is 3.98. The fourth-order valence-electron chi connectivity index (χ4n) is 1.18. The van der Waals surface area contributed by atoms with Crippen LogP contribution in [0.4, 0.5) is 0 Å². The summed E-state index contributed by atoms with van der Waals surface area (Å²) in [5.41, 5.74) is 0. The second-order valence-corrected chi connectivity index (χ2v) is 3.98. The number of hydrogen-bond donors (Lipinski definition) is 1. The lowest BCUT2D eigenvalue weighted by Crippen LogP contribution is -2.35. The highest BCUT2D eigenvalue weighted by molar-refractivity contribution is 4.62. The van der Waals surface area contributed by atoms with Crippen molar-refractivity contribution in [3.05, 3.63) is 0 Å². The van der Waals surface area contributed by atoms with E-state index in [-0.39, 0.29) is 0 Å². The zero-order valence-electron chi connectivity index (χ0n) is 10.0. The summed E-state index contributed by atoms with van der Waals surface area (Å²) in [6.07, 6.45) is 1.10. The highest BCUT2D eigenvalue weighted by atomic mass is 16.5. The van der Waals surface area contributed by atoms with Gasteiger partial charge in [-0.25, -0.2) is 0 Å². The summed E-state index contributed by atoms with van der Waals surface area (Å²) in [7, 11) is 1.74. The van der Waals surface area contributed by atoms with Crippen molar-refractivity contribution in [1.29, 1.82) is 0 Å². The molecule has 86 valence electrons. The first-order valence-corrected chi connectivity index (χ1v) is 5.50. The maximum atomic E-state index is 5.46. The zero-order chi connectivity index (χ0) is 10.8. The van der Waals surface area contributed by atoms with E-state index >= 15 is 0 Å². The Bertz CT molecular complexity index is 118. The van der Waals surface area contributed by atoms with E-state index in [0.717, 1.165) is 32.8 Å².